The third-order valence-corrected chi connectivity index (χ3v) is 7.31. The summed E-state index contributed by atoms with van der Waals surface area (Å²) in [5.74, 6) is -0.869. The monoisotopic (exact) mass is 546 g/mol. The molecule has 212 valence electrons. The summed E-state index contributed by atoms with van der Waals surface area (Å²) in [7, 11) is 1.52. The molecule has 0 aromatic heterocycles. The summed E-state index contributed by atoms with van der Waals surface area (Å²) in [4.78, 5) is 26.2. The number of rotatable bonds is 13. The van der Waals surface area contributed by atoms with E-state index in [2.05, 4.69) is 10.6 Å². The van der Waals surface area contributed by atoms with Crippen molar-refractivity contribution in [3.63, 3.8) is 0 Å². The number of aliphatic hydroxyl groups excluding tert-OH is 2. The quantitative estimate of drug-likeness (QED) is 0.244. The molecule has 0 heterocycles. The van der Waals surface area contributed by atoms with Gasteiger partial charge in [0.1, 0.15) is 6.61 Å². The molecule has 0 bridgehead atoms. The number of nitrogens with one attached hydrogen (secondary N) is 2. The standard InChI is InChI=1S/C32H38N2O6/c1-39-16-17-40-32(38)33-27(19-23-12-6-3-7-13-23)28(35)21-25(18-22-10-4-2-5-11-22)31(37)34-30-26-15-9-8-14-24(26)20-29(30)36/h2-15,25,27-30,35-36H,16-21H2,1H3,(H,33,38)(H,34,37)/t25?,27?,28?,29-,30-/m0/s1. The van der Waals surface area contributed by atoms with E-state index >= 15 is 0 Å². The lowest BCUT2D eigenvalue weighted by molar-refractivity contribution is -0.127. The van der Waals surface area contributed by atoms with Crippen molar-refractivity contribution in [3.8, 4) is 0 Å². The molecule has 40 heavy (non-hydrogen) atoms. The SMILES string of the molecule is COCCOC(=O)NC(Cc1ccccc1)C(O)CC(Cc1ccccc1)C(=O)N[C@H]1c2ccccc2C[C@@H]1O. The van der Waals surface area contributed by atoms with E-state index < -0.39 is 36.3 Å². The zero-order valence-electron chi connectivity index (χ0n) is 22.7. The Morgan fingerprint density at radius 3 is 2.20 bits per heavy atom. The van der Waals surface area contributed by atoms with Gasteiger partial charge in [-0.05, 0) is 41.5 Å². The van der Waals surface area contributed by atoms with Crippen LogP contribution in [0.1, 0.15) is 34.7 Å². The molecule has 4 rings (SSSR count). The van der Waals surface area contributed by atoms with Gasteiger partial charge >= 0.3 is 6.09 Å². The van der Waals surface area contributed by atoms with Gasteiger partial charge in [0, 0.05) is 19.4 Å². The molecule has 3 aromatic carbocycles. The van der Waals surface area contributed by atoms with E-state index in [4.69, 9.17) is 9.47 Å². The molecule has 0 radical (unpaired) electrons. The van der Waals surface area contributed by atoms with Crippen molar-refractivity contribution in [1.29, 1.82) is 0 Å². The largest absolute Gasteiger partial charge is 0.447 e. The van der Waals surface area contributed by atoms with Crippen LogP contribution in [0, 0.1) is 5.92 Å². The third-order valence-electron chi connectivity index (χ3n) is 7.31. The van der Waals surface area contributed by atoms with Gasteiger partial charge < -0.3 is 30.3 Å². The zero-order chi connectivity index (χ0) is 28.3. The predicted molar refractivity (Wildman–Crippen MR) is 152 cm³/mol. The molecule has 1 aliphatic rings. The summed E-state index contributed by atoms with van der Waals surface area (Å²) in [6, 6.07) is 25.6. The number of carbonyl (C=O) groups is 2. The lowest BCUT2D eigenvalue weighted by atomic mass is 9.88. The van der Waals surface area contributed by atoms with Crippen molar-refractivity contribution in [1.82, 2.24) is 10.6 Å². The Morgan fingerprint density at radius 1 is 0.900 bits per heavy atom. The van der Waals surface area contributed by atoms with Crippen molar-refractivity contribution >= 4 is 12.0 Å². The van der Waals surface area contributed by atoms with Crippen LogP contribution in [0.4, 0.5) is 4.79 Å². The van der Waals surface area contributed by atoms with Crippen LogP contribution >= 0.6 is 0 Å². The molecule has 3 aromatic rings. The average molecular weight is 547 g/mol. The molecule has 2 amide bonds. The number of benzene rings is 3. The number of amides is 2. The van der Waals surface area contributed by atoms with E-state index in [-0.39, 0.29) is 25.5 Å². The first-order valence-electron chi connectivity index (χ1n) is 13.7. The maximum atomic E-state index is 13.7. The van der Waals surface area contributed by atoms with Crippen molar-refractivity contribution < 1.29 is 29.3 Å². The summed E-state index contributed by atoms with van der Waals surface area (Å²) in [6.07, 6.45) is -1.11. The highest BCUT2D eigenvalue weighted by Crippen LogP contribution is 2.32. The van der Waals surface area contributed by atoms with Crippen LogP contribution in [0.15, 0.2) is 84.9 Å². The van der Waals surface area contributed by atoms with Crippen molar-refractivity contribution in [2.75, 3.05) is 20.3 Å². The first kappa shape index (κ1) is 29.3. The second-order valence-corrected chi connectivity index (χ2v) is 10.2. The van der Waals surface area contributed by atoms with E-state index in [0.29, 0.717) is 19.3 Å². The number of aliphatic hydroxyl groups is 2. The van der Waals surface area contributed by atoms with Gasteiger partial charge in [0.2, 0.25) is 5.91 Å². The van der Waals surface area contributed by atoms with Crippen molar-refractivity contribution in [3.05, 3.63) is 107 Å². The molecule has 0 saturated carbocycles. The molecule has 0 saturated heterocycles. The Hall–Kier alpha value is -3.72. The zero-order valence-corrected chi connectivity index (χ0v) is 22.7. The van der Waals surface area contributed by atoms with Gasteiger partial charge in [0.25, 0.3) is 0 Å². The van der Waals surface area contributed by atoms with Crippen LogP contribution in [-0.2, 0) is 33.5 Å². The fourth-order valence-corrected chi connectivity index (χ4v) is 5.22. The molecule has 1 aliphatic carbocycles. The van der Waals surface area contributed by atoms with Crippen molar-refractivity contribution in [2.45, 2.75) is 50.0 Å². The van der Waals surface area contributed by atoms with Crippen LogP contribution in [-0.4, -0.2) is 60.8 Å². The predicted octanol–water partition coefficient (Wildman–Crippen LogP) is 3.35. The number of ether oxygens (including phenoxy) is 2. The maximum absolute atomic E-state index is 13.7. The van der Waals surface area contributed by atoms with Crippen LogP contribution in [0.25, 0.3) is 0 Å². The van der Waals surface area contributed by atoms with E-state index in [1.165, 1.54) is 7.11 Å². The highest BCUT2D eigenvalue weighted by molar-refractivity contribution is 5.80. The number of hydrogen-bond donors (Lipinski definition) is 4. The Bertz CT molecular complexity index is 1220. The molecular formula is C32H38N2O6. The van der Waals surface area contributed by atoms with Gasteiger partial charge in [-0.15, -0.1) is 0 Å². The first-order valence-corrected chi connectivity index (χ1v) is 13.7. The lowest BCUT2D eigenvalue weighted by Gasteiger charge is -2.28. The summed E-state index contributed by atoms with van der Waals surface area (Å²) >= 11 is 0. The third kappa shape index (κ3) is 8.14. The van der Waals surface area contributed by atoms with Gasteiger partial charge in [-0.3, -0.25) is 4.79 Å². The number of alkyl carbamates (subject to hydrolysis) is 1. The Labute approximate surface area is 235 Å². The lowest BCUT2D eigenvalue weighted by Crippen LogP contribution is -2.47. The molecule has 0 aliphatic heterocycles. The normalized spacial score (nSPS) is 18.3. The van der Waals surface area contributed by atoms with Gasteiger partial charge in [0.15, 0.2) is 0 Å². The van der Waals surface area contributed by atoms with Gasteiger partial charge in [-0.25, -0.2) is 4.79 Å². The van der Waals surface area contributed by atoms with Gasteiger partial charge in [0.05, 0.1) is 30.9 Å². The van der Waals surface area contributed by atoms with Gasteiger partial charge in [-0.2, -0.15) is 0 Å². The first-order chi connectivity index (χ1) is 19.4. The fraction of sp³-hybridized carbons (Fsp3) is 0.375. The van der Waals surface area contributed by atoms with Crippen LogP contribution in [0.2, 0.25) is 0 Å². The summed E-state index contributed by atoms with van der Waals surface area (Å²) in [5.41, 5.74) is 3.80. The highest BCUT2D eigenvalue weighted by atomic mass is 16.6. The molecule has 8 heteroatoms. The molecule has 4 N–H and O–H groups in total. The summed E-state index contributed by atoms with van der Waals surface area (Å²) < 4.78 is 10.1. The molecule has 8 nitrogen and oxygen atoms in total. The average Bonchev–Trinajstić information content (AvgIpc) is 3.28. The highest BCUT2D eigenvalue weighted by Gasteiger charge is 2.35. The topological polar surface area (TPSA) is 117 Å². The molecule has 5 atom stereocenters. The Kier molecular flexibility index (Phi) is 10.7. The molecular weight excluding hydrogens is 508 g/mol. The van der Waals surface area contributed by atoms with Crippen molar-refractivity contribution in [2.24, 2.45) is 5.92 Å². The number of hydrogen-bond acceptors (Lipinski definition) is 6. The number of fused-ring (bicyclic) bond motifs is 1. The molecule has 0 spiro atoms. The van der Waals surface area contributed by atoms with E-state index in [9.17, 15) is 19.8 Å². The van der Waals surface area contributed by atoms with E-state index in [1.54, 1.807) is 0 Å². The van der Waals surface area contributed by atoms with E-state index in [1.807, 2.05) is 84.9 Å². The summed E-state index contributed by atoms with van der Waals surface area (Å²) in [5, 5.41) is 28.0. The number of carbonyl (C=O) groups excluding carboxylic acids is 2. The van der Waals surface area contributed by atoms with E-state index in [0.717, 1.165) is 22.3 Å². The van der Waals surface area contributed by atoms with Crippen LogP contribution in [0.5, 0.6) is 0 Å². The number of methoxy groups -OCH3 is 1. The smallest absolute Gasteiger partial charge is 0.407 e. The second-order valence-electron chi connectivity index (χ2n) is 10.2. The minimum atomic E-state index is -1.05. The van der Waals surface area contributed by atoms with Crippen LogP contribution in [0.3, 0.4) is 0 Å². The van der Waals surface area contributed by atoms with Crippen LogP contribution < -0.4 is 10.6 Å². The summed E-state index contributed by atoms with van der Waals surface area (Å²) in [6.45, 7) is 0.343. The Morgan fingerprint density at radius 2 is 1.52 bits per heavy atom. The molecule has 0 fully saturated rings. The fourth-order valence-electron chi connectivity index (χ4n) is 5.22. The minimum absolute atomic E-state index is 0.0840. The van der Waals surface area contributed by atoms with Gasteiger partial charge in [-0.1, -0.05) is 84.9 Å². The Balaban J connectivity index is 1.52. The molecule has 3 unspecified atom stereocenters. The second kappa shape index (κ2) is 14.6. The maximum Gasteiger partial charge on any atom is 0.407 e. The minimum Gasteiger partial charge on any atom is -0.447 e.